The van der Waals surface area contributed by atoms with Gasteiger partial charge in [-0.2, -0.15) is 0 Å². The van der Waals surface area contributed by atoms with Crippen molar-refractivity contribution in [1.82, 2.24) is 15.0 Å². The van der Waals surface area contributed by atoms with Crippen molar-refractivity contribution < 1.29 is 4.79 Å². The maximum absolute atomic E-state index is 12.5. The van der Waals surface area contributed by atoms with Crippen LogP contribution in [0, 0.1) is 6.92 Å². The summed E-state index contributed by atoms with van der Waals surface area (Å²) in [5.41, 5.74) is 2.90. The van der Waals surface area contributed by atoms with Crippen LogP contribution in [0.25, 0.3) is 10.2 Å². The second-order valence-corrected chi connectivity index (χ2v) is 9.32. The first-order valence-corrected chi connectivity index (χ1v) is 11.8. The average Bonchev–Trinajstić information content (AvgIpc) is 3.13. The standard InChI is InChI=1S/C22H19ClN4O2S2/c1-13-16(20(29)27-21(24-13)30-12-14-5-3-2-4-6-14)8-10-19(28)26-22-25-17-9-7-15(23)11-18(17)31-22/h2-7,9,11H,8,10,12H2,1H3,(H,24,27,29)(H,25,26,28). The maximum atomic E-state index is 12.5. The number of aromatic amines is 1. The Hall–Kier alpha value is -2.68. The number of nitrogens with one attached hydrogen (secondary N) is 2. The number of aromatic nitrogens is 3. The van der Waals surface area contributed by atoms with Crippen molar-refractivity contribution in [2.75, 3.05) is 5.32 Å². The van der Waals surface area contributed by atoms with Crippen molar-refractivity contribution in [1.29, 1.82) is 0 Å². The van der Waals surface area contributed by atoms with Gasteiger partial charge in [-0.25, -0.2) is 9.97 Å². The number of thioether (sulfide) groups is 1. The van der Waals surface area contributed by atoms with Crippen LogP contribution in [0.5, 0.6) is 0 Å². The smallest absolute Gasteiger partial charge is 0.254 e. The summed E-state index contributed by atoms with van der Waals surface area (Å²) in [4.78, 5) is 36.6. The van der Waals surface area contributed by atoms with Crippen molar-refractivity contribution in [2.24, 2.45) is 0 Å². The van der Waals surface area contributed by atoms with Crippen molar-refractivity contribution >= 4 is 56.0 Å². The highest BCUT2D eigenvalue weighted by Crippen LogP contribution is 2.28. The SMILES string of the molecule is Cc1nc(SCc2ccccc2)[nH]c(=O)c1CCC(=O)Nc1nc2ccc(Cl)cc2s1. The number of carbonyl (C=O) groups excluding carboxylic acids is 1. The third-order valence-corrected chi connectivity index (χ3v) is 6.73. The third kappa shape index (κ3) is 5.52. The van der Waals surface area contributed by atoms with Gasteiger partial charge in [0.15, 0.2) is 10.3 Å². The number of thiazole rings is 1. The molecule has 2 aromatic carbocycles. The molecule has 2 aromatic heterocycles. The number of fused-ring (bicyclic) bond motifs is 1. The normalized spacial score (nSPS) is 11.0. The van der Waals surface area contributed by atoms with E-state index in [2.05, 4.69) is 20.3 Å². The van der Waals surface area contributed by atoms with Crippen LogP contribution in [0.1, 0.15) is 23.2 Å². The molecule has 0 radical (unpaired) electrons. The van der Waals surface area contributed by atoms with Gasteiger partial charge in [0.2, 0.25) is 5.91 Å². The highest BCUT2D eigenvalue weighted by molar-refractivity contribution is 7.98. The van der Waals surface area contributed by atoms with Crippen LogP contribution in [0.2, 0.25) is 5.02 Å². The van der Waals surface area contributed by atoms with Crippen molar-refractivity contribution in [3.05, 3.63) is 80.7 Å². The molecular weight excluding hydrogens is 452 g/mol. The second-order valence-electron chi connectivity index (χ2n) is 6.89. The van der Waals surface area contributed by atoms with E-state index >= 15 is 0 Å². The monoisotopic (exact) mass is 470 g/mol. The van der Waals surface area contributed by atoms with Gasteiger partial charge in [0.1, 0.15) is 0 Å². The zero-order chi connectivity index (χ0) is 21.8. The van der Waals surface area contributed by atoms with Gasteiger partial charge in [-0.1, -0.05) is 65.0 Å². The van der Waals surface area contributed by atoms with Gasteiger partial charge in [0, 0.05) is 28.5 Å². The van der Waals surface area contributed by atoms with E-state index in [1.54, 1.807) is 13.0 Å². The molecule has 2 heterocycles. The number of aryl methyl sites for hydroxylation is 1. The van der Waals surface area contributed by atoms with Crippen LogP contribution in [0.4, 0.5) is 5.13 Å². The number of nitrogens with zero attached hydrogens (tertiary/aromatic N) is 2. The molecule has 0 saturated carbocycles. The fourth-order valence-electron chi connectivity index (χ4n) is 3.05. The molecule has 2 N–H and O–H groups in total. The van der Waals surface area contributed by atoms with Crippen LogP contribution in [0.15, 0.2) is 58.5 Å². The van der Waals surface area contributed by atoms with Gasteiger partial charge in [-0.05, 0) is 37.1 Å². The second kappa shape index (κ2) is 9.64. The maximum Gasteiger partial charge on any atom is 0.254 e. The van der Waals surface area contributed by atoms with E-state index in [9.17, 15) is 9.59 Å². The molecule has 0 atom stereocenters. The molecule has 9 heteroatoms. The number of rotatable bonds is 7. The Bertz CT molecular complexity index is 1290. The van der Waals surface area contributed by atoms with Crippen molar-refractivity contribution in [2.45, 2.75) is 30.7 Å². The van der Waals surface area contributed by atoms with Crippen molar-refractivity contribution in [3.8, 4) is 0 Å². The van der Waals surface area contributed by atoms with E-state index < -0.39 is 0 Å². The quantitative estimate of drug-likeness (QED) is 0.286. The van der Waals surface area contributed by atoms with Crippen LogP contribution < -0.4 is 10.9 Å². The molecule has 0 bridgehead atoms. The lowest BCUT2D eigenvalue weighted by Crippen LogP contribution is -2.20. The molecule has 1 amide bonds. The van der Waals surface area contributed by atoms with E-state index in [0.29, 0.717) is 33.0 Å². The Morgan fingerprint density at radius 3 is 2.77 bits per heavy atom. The lowest BCUT2D eigenvalue weighted by atomic mass is 10.1. The van der Waals surface area contributed by atoms with E-state index in [1.807, 2.05) is 42.5 Å². The summed E-state index contributed by atoms with van der Waals surface area (Å²) in [6.45, 7) is 1.80. The fraction of sp³-hybridized carbons (Fsp3) is 0.182. The molecule has 0 aliphatic heterocycles. The summed E-state index contributed by atoms with van der Waals surface area (Å²) in [6.07, 6.45) is 0.471. The number of amides is 1. The van der Waals surface area contributed by atoms with Crippen LogP contribution in [0.3, 0.4) is 0 Å². The molecule has 6 nitrogen and oxygen atoms in total. The topological polar surface area (TPSA) is 87.7 Å². The summed E-state index contributed by atoms with van der Waals surface area (Å²) in [7, 11) is 0. The van der Waals surface area contributed by atoms with E-state index in [1.165, 1.54) is 23.1 Å². The number of halogens is 1. The number of H-pyrrole nitrogens is 1. The summed E-state index contributed by atoms with van der Waals surface area (Å²) >= 11 is 8.83. The van der Waals surface area contributed by atoms with Crippen LogP contribution in [-0.2, 0) is 17.0 Å². The zero-order valence-electron chi connectivity index (χ0n) is 16.6. The summed E-state index contributed by atoms with van der Waals surface area (Å²) < 4.78 is 0.905. The first-order valence-electron chi connectivity index (χ1n) is 9.60. The molecule has 31 heavy (non-hydrogen) atoms. The first-order chi connectivity index (χ1) is 15.0. The number of anilines is 1. The molecule has 0 fully saturated rings. The molecule has 4 rings (SSSR count). The summed E-state index contributed by atoms with van der Waals surface area (Å²) in [5, 5.41) is 4.51. The predicted molar refractivity (Wildman–Crippen MR) is 127 cm³/mol. The molecule has 4 aromatic rings. The number of carbonyl (C=O) groups is 1. The van der Waals surface area contributed by atoms with E-state index in [4.69, 9.17) is 11.6 Å². The largest absolute Gasteiger partial charge is 0.302 e. The zero-order valence-corrected chi connectivity index (χ0v) is 19.0. The van der Waals surface area contributed by atoms with Crippen LogP contribution >= 0.6 is 34.7 Å². The fourth-order valence-corrected chi connectivity index (χ4v) is 5.07. The number of hydrogen-bond donors (Lipinski definition) is 2. The van der Waals surface area contributed by atoms with Gasteiger partial charge < -0.3 is 10.3 Å². The van der Waals surface area contributed by atoms with E-state index in [0.717, 1.165) is 21.5 Å². The Morgan fingerprint density at radius 2 is 2.00 bits per heavy atom. The molecule has 0 saturated heterocycles. The summed E-state index contributed by atoms with van der Waals surface area (Å²) in [5.74, 6) is 0.518. The molecule has 0 spiro atoms. The van der Waals surface area contributed by atoms with E-state index in [-0.39, 0.29) is 17.9 Å². The minimum Gasteiger partial charge on any atom is -0.302 e. The molecule has 0 aliphatic rings. The lowest BCUT2D eigenvalue weighted by molar-refractivity contribution is -0.116. The van der Waals surface area contributed by atoms with Gasteiger partial charge in [0.05, 0.1) is 10.2 Å². The lowest BCUT2D eigenvalue weighted by Gasteiger charge is -2.07. The minimum atomic E-state index is -0.203. The Balaban J connectivity index is 1.37. The highest BCUT2D eigenvalue weighted by Gasteiger charge is 2.13. The Morgan fingerprint density at radius 1 is 1.19 bits per heavy atom. The third-order valence-electron chi connectivity index (χ3n) is 4.62. The average molecular weight is 471 g/mol. The Kier molecular flexibility index (Phi) is 6.70. The Labute approximate surface area is 192 Å². The van der Waals surface area contributed by atoms with Gasteiger partial charge >= 0.3 is 0 Å². The van der Waals surface area contributed by atoms with Gasteiger partial charge in [0.25, 0.3) is 5.56 Å². The number of hydrogen-bond acceptors (Lipinski definition) is 6. The first kappa shape index (κ1) is 21.5. The van der Waals surface area contributed by atoms with Crippen LogP contribution in [-0.4, -0.2) is 20.9 Å². The predicted octanol–water partition coefficient (Wildman–Crippen LogP) is 5.21. The highest BCUT2D eigenvalue weighted by atomic mass is 35.5. The molecule has 158 valence electrons. The van der Waals surface area contributed by atoms with Gasteiger partial charge in [-0.15, -0.1) is 0 Å². The summed E-state index contributed by atoms with van der Waals surface area (Å²) in [6, 6.07) is 15.4. The van der Waals surface area contributed by atoms with Crippen molar-refractivity contribution in [3.63, 3.8) is 0 Å². The molecule has 0 aliphatic carbocycles. The molecular formula is C22H19ClN4O2S2. The minimum absolute atomic E-state index is 0.165. The number of benzene rings is 2. The van der Waals surface area contributed by atoms with Gasteiger partial charge in [-0.3, -0.25) is 9.59 Å². The molecule has 0 unspecified atom stereocenters.